The smallest absolute Gasteiger partial charge is 0.222 e. The average molecular weight is 245 g/mol. The van der Waals surface area contributed by atoms with Crippen LogP contribution in [0.25, 0.3) is 17.0 Å². The summed E-state index contributed by atoms with van der Waals surface area (Å²) in [5.41, 5.74) is 3.66. The van der Waals surface area contributed by atoms with Gasteiger partial charge in [-0.1, -0.05) is 6.07 Å². The maximum atomic E-state index is 5.84. The zero-order valence-corrected chi connectivity index (χ0v) is 9.89. The third kappa shape index (κ3) is 1.66. The molecule has 0 spiro atoms. The molecule has 0 saturated carbocycles. The molecule has 0 aliphatic carbocycles. The number of pyridine rings is 1. The van der Waals surface area contributed by atoms with Crippen molar-refractivity contribution in [1.82, 2.24) is 19.4 Å². The largest absolute Gasteiger partial charge is 0.298 e. The van der Waals surface area contributed by atoms with Crippen molar-refractivity contribution >= 4 is 17.2 Å². The average Bonchev–Trinajstić information content (AvgIpc) is 2.80. The van der Waals surface area contributed by atoms with Crippen LogP contribution in [0.4, 0.5) is 0 Å². The van der Waals surface area contributed by atoms with Crippen molar-refractivity contribution in [2.75, 3.05) is 0 Å². The molecule has 0 aromatic carbocycles. The van der Waals surface area contributed by atoms with E-state index < -0.39 is 0 Å². The lowest BCUT2D eigenvalue weighted by molar-refractivity contribution is 1.09. The Morgan fingerprint density at radius 1 is 1.24 bits per heavy atom. The van der Waals surface area contributed by atoms with Gasteiger partial charge in [0.25, 0.3) is 0 Å². The SMILES string of the molecule is Cc1cnc(Cl)nc1-c1cccc2nccn12. The Labute approximate surface area is 103 Å². The number of halogens is 1. The number of hydrogen-bond donors (Lipinski definition) is 0. The van der Waals surface area contributed by atoms with Gasteiger partial charge in [0.05, 0.1) is 11.4 Å². The van der Waals surface area contributed by atoms with Gasteiger partial charge < -0.3 is 0 Å². The fourth-order valence-corrected chi connectivity index (χ4v) is 1.95. The molecule has 0 atom stereocenters. The summed E-state index contributed by atoms with van der Waals surface area (Å²) < 4.78 is 1.98. The molecular formula is C12H9ClN4. The van der Waals surface area contributed by atoms with Crippen LogP contribution in [-0.2, 0) is 0 Å². The van der Waals surface area contributed by atoms with Gasteiger partial charge in [0.2, 0.25) is 5.28 Å². The molecule has 3 heterocycles. The highest BCUT2D eigenvalue weighted by molar-refractivity contribution is 6.28. The maximum Gasteiger partial charge on any atom is 0.222 e. The van der Waals surface area contributed by atoms with Crippen molar-refractivity contribution < 1.29 is 0 Å². The molecule has 0 radical (unpaired) electrons. The number of hydrogen-bond acceptors (Lipinski definition) is 3. The highest BCUT2D eigenvalue weighted by atomic mass is 35.5. The molecule has 3 rings (SSSR count). The van der Waals surface area contributed by atoms with Gasteiger partial charge in [0, 0.05) is 18.6 Å². The van der Waals surface area contributed by atoms with Gasteiger partial charge in [-0.15, -0.1) is 0 Å². The molecule has 0 aliphatic rings. The van der Waals surface area contributed by atoms with Crippen molar-refractivity contribution in [3.05, 3.63) is 47.6 Å². The molecule has 0 aliphatic heterocycles. The van der Waals surface area contributed by atoms with Crippen molar-refractivity contribution in [2.45, 2.75) is 6.92 Å². The van der Waals surface area contributed by atoms with E-state index in [1.165, 1.54) is 0 Å². The molecule has 0 bridgehead atoms. The molecule has 84 valence electrons. The van der Waals surface area contributed by atoms with E-state index in [9.17, 15) is 0 Å². The first-order valence-corrected chi connectivity index (χ1v) is 5.55. The van der Waals surface area contributed by atoms with Crippen LogP contribution in [0.2, 0.25) is 5.28 Å². The highest BCUT2D eigenvalue weighted by Crippen LogP contribution is 2.22. The van der Waals surface area contributed by atoms with Gasteiger partial charge in [-0.05, 0) is 36.2 Å². The molecular weight excluding hydrogens is 236 g/mol. The normalized spacial score (nSPS) is 10.9. The quantitative estimate of drug-likeness (QED) is 0.618. The summed E-state index contributed by atoms with van der Waals surface area (Å²) in [6.07, 6.45) is 5.39. The summed E-state index contributed by atoms with van der Waals surface area (Å²) in [5, 5.41) is 0.253. The molecule has 3 aromatic rings. The highest BCUT2D eigenvalue weighted by Gasteiger charge is 2.09. The number of fused-ring (bicyclic) bond motifs is 1. The van der Waals surface area contributed by atoms with Gasteiger partial charge in [0.15, 0.2) is 0 Å². The van der Waals surface area contributed by atoms with Crippen molar-refractivity contribution in [2.24, 2.45) is 0 Å². The summed E-state index contributed by atoms with van der Waals surface area (Å²) in [6, 6.07) is 5.88. The van der Waals surface area contributed by atoms with Gasteiger partial charge in [-0.2, -0.15) is 0 Å². The predicted octanol–water partition coefficient (Wildman–Crippen LogP) is 2.75. The Bertz CT molecular complexity index is 690. The summed E-state index contributed by atoms with van der Waals surface area (Å²) in [6.45, 7) is 1.96. The van der Waals surface area contributed by atoms with Gasteiger partial charge in [-0.25, -0.2) is 15.0 Å². The first-order chi connectivity index (χ1) is 8.25. The topological polar surface area (TPSA) is 43.1 Å². The molecule has 0 amide bonds. The summed E-state index contributed by atoms with van der Waals surface area (Å²) in [7, 11) is 0. The Hall–Kier alpha value is -1.94. The minimum atomic E-state index is 0.253. The van der Waals surface area contributed by atoms with Crippen LogP contribution in [0.3, 0.4) is 0 Å². The summed E-state index contributed by atoms with van der Waals surface area (Å²) in [4.78, 5) is 12.5. The van der Waals surface area contributed by atoms with Crippen LogP contribution >= 0.6 is 11.6 Å². The first-order valence-electron chi connectivity index (χ1n) is 5.17. The van der Waals surface area contributed by atoms with E-state index in [4.69, 9.17) is 11.6 Å². The van der Waals surface area contributed by atoms with Crippen LogP contribution in [-0.4, -0.2) is 19.4 Å². The molecule has 3 aromatic heterocycles. The predicted molar refractivity (Wildman–Crippen MR) is 66.0 cm³/mol. The lowest BCUT2D eigenvalue weighted by Crippen LogP contribution is -1.97. The van der Waals surface area contributed by atoms with Gasteiger partial charge in [-0.3, -0.25) is 4.40 Å². The van der Waals surface area contributed by atoms with Crippen molar-refractivity contribution in [3.63, 3.8) is 0 Å². The van der Waals surface area contributed by atoms with E-state index in [1.54, 1.807) is 12.4 Å². The third-order valence-electron chi connectivity index (χ3n) is 2.61. The number of aromatic nitrogens is 4. The van der Waals surface area contributed by atoms with Crippen LogP contribution in [0.15, 0.2) is 36.8 Å². The van der Waals surface area contributed by atoms with Crippen LogP contribution in [0.5, 0.6) is 0 Å². The minimum Gasteiger partial charge on any atom is -0.298 e. The maximum absolute atomic E-state index is 5.84. The van der Waals surface area contributed by atoms with E-state index in [0.29, 0.717) is 0 Å². The molecule has 4 nitrogen and oxygen atoms in total. The van der Waals surface area contributed by atoms with E-state index in [-0.39, 0.29) is 5.28 Å². The Balaban J connectivity index is 2.34. The standard InChI is InChI=1S/C12H9ClN4/c1-8-7-15-12(13)16-11(8)9-3-2-4-10-14-5-6-17(9)10/h2-7H,1H3. The second-order valence-corrected chi connectivity index (χ2v) is 4.08. The zero-order chi connectivity index (χ0) is 11.8. The second-order valence-electron chi connectivity index (χ2n) is 3.74. The number of imidazole rings is 1. The molecule has 5 heteroatoms. The van der Waals surface area contributed by atoms with Crippen LogP contribution < -0.4 is 0 Å². The Morgan fingerprint density at radius 2 is 2.12 bits per heavy atom. The van der Waals surface area contributed by atoms with Crippen LogP contribution in [0.1, 0.15) is 5.56 Å². The third-order valence-corrected chi connectivity index (χ3v) is 2.80. The fourth-order valence-electron chi connectivity index (χ4n) is 1.82. The van der Waals surface area contributed by atoms with Crippen LogP contribution in [0, 0.1) is 6.92 Å². The van der Waals surface area contributed by atoms with Crippen molar-refractivity contribution in [3.8, 4) is 11.4 Å². The van der Waals surface area contributed by atoms with E-state index >= 15 is 0 Å². The second kappa shape index (κ2) is 3.82. The summed E-state index contributed by atoms with van der Waals surface area (Å²) in [5.74, 6) is 0. The summed E-state index contributed by atoms with van der Waals surface area (Å²) >= 11 is 5.84. The number of nitrogens with zero attached hydrogens (tertiary/aromatic N) is 4. The Kier molecular flexibility index (Phi) is 2.30. The molecule has 17 heavy (non-hydrogen) atoms. The van der Waals surface area contributed by atoms with Gasteiger partial charge in [0.1, 0.15) is 5.65 Å². The lowest BCUT2D eigenvalue weighted by atomic mass is 10.2. The molecule has 0 saturated heterocycles. The molecule has 0 N–H and O–H groups in total. The monoisotopic (exact) mass is 244 g/mol. The number of aryl methyl sites for hydroxylation is 1. The lowest BCUT2D eigenvalue weighted by Gasteiger charge is -2.07. The Morgan fingerprint density at radius 3 is 3.00 bits per heavy atom. The fraction of sp³-hybridized carbons (Fsp3) is 0.0833. The molecule has 0 unspecified atom stereocenters. The minimum absolute atomic E-state index is 0.253. The first kappa shape index (κ1) is 10.2. The zero-order valence-electron chi connectivity index (χ0n) is 9.13. The number of rotatable bonds is 1. The van der Waals surface area contributed by atoms with Gasteiger partial charge >= 0.3 is 0 Å². The van der Waals surface area contributed by atoms with Crippen molar-refractivity contribution in [1.29, 1.82) is 0 Å². The van der Waals surface area contributed by atoms with E-state index in [0.717, 1.165) is 22.6 Å². The molecule has 0 fully saturated rings. The van der Waals surface area contributed by atoms with E-state index in [1.807, 2.05) is 35.7 Å². The van der Waals surface area contributed by atoms with E-state index in [2.05, 4.69) is 15.0 Å².